The van der Waals surface area contributed by atoms with E-state index in [0.717, 1.165) is 21.9 Å². The van der Waals surface area contributed by atoms with Gasteiger partial charge < -0.3 is 4.57 Å². The monoisotopic (exact) mass is 327 g/mol. The Morgan fingerprint density at radius 1 is 0.833 bits per heavy atom. The first-order valence-electron chi connectivity index (χ1n) is 7.36. The fourth-order valence-corrected chi connectivity index (χ4v) is 3.01. The van der Waals surface area contributed by atoms with Crippen molar-refractivity contribution in [2.45, 2.75) is 12.7 Å². The molecule has 0 unspecified atom stereocenters. The van der Waals surface area contributed by atoms with Crippen LogP contribution < -0.4 is 0 Å². The number of hydrogen-bond acceptors (Lipinski definition) is 2. The molecule has 0 aliphatic rings. The molecule has 0 radical (unpaired) electrons. The molecule has 24 heavy (non-hydrogen) atoms. The van der Waals surface area contributed by atoms with Crippen molar-refractivity contribution in [1.29, 1.82) is 0 Å². The van der Waals surface area contributed by atoms with Crippen LogP contribution in [0.15, 0.2) is 61.2 Å². The summed E-state index contributed by atoms with van der Waals surface area (Å²) in [6.07, 6.45) is 2.17. The van der Waals surface area contributed by atoms with Gasteiger partial charge in [-0.15, -0.1) is 0 Å². The number of nitrogens with zero attached hydrogens (tertiary/aromatic N) is 3. The molecule has 0 N–H and O–H groups in total. The van der Waals surface area contributed by atoms with E-state index in [4.69, 9.17) is 0 Å². The van der Waals surface area contributed by atoms with Gasteiger partial charge in [0.1, 0.15) is 6.54 Å². The zero-order valence-electron chi connectivity index (χ0n) is 12.5. The van der Waals surface area contributed by atoms with Crippen molar-refractivity contribution in [2.24, 2.45) is 0 Å². The summed E-state index contributed by atoms with van der Waals surface area (Å²) in [4.78, 5) is 8.12. The van der Waals surface area contributed by atoms with Gasteiger partial charge in [0.05, 0.1) is 11.0 Å². The van der Waals surface area contributed by atoms with Gasteiger partial charge in [-0.05, 0) is 23.8 Å². The number of pyridine rings is 2. The zero-order chi connectivity index (χ0) is 16.7. The quantitative estimate of drug-likeness (QED) is 0.529. The minimum Gasteiger partial charge on any atom is -0.331 e. The molecule has 3 nitrogen and oxygen atoms in total. The number of rotatable bonds is 2. The van der Waals surface area contributed by atoms with Gasteiger partial charge in [0.15, 0.2) is 0 Å². The summed E-state index contributed by atoms with van der Waals surface area (Å²) in [6, 6.07) is 10.8. The third kappa shape index (κ3) is 2.50. The predicted octanol–water partition coefficient (Wildman–Crippen LogP) is 4.81. The summed E-state index contributed by atoms with van der Waals surface area (Å²) in [7, 11) is 0. The molecule has 6 heteroatoms. The first-order valence-corrected chi connectivity index (χ1v) is 7.36. The lowest BCUT2D eigenvalue weighted by Gasteiger charge is -2.11. The van der Waals surface area contributed by atoms with Crippen LogP contribution in [0.4, 0.5) is 13.2 Å². The van der Waals surface area contributed by atoms with E-state index in [2.05, 4.69) is 9.97 Å². The average Bonchev–Trinajstić information content (AvgIpc) is 2.88. The van der Waals surface area contributed by atoms with Crippen molar-refractivity contribution in [3.8, 4) is 11.1 Å². The lowest BCUT2D eigenvalue weighted by atomic mass is 10.1. The van der Waals surface area contributed by atoms with Crippen molar-refractivity contribution in [2.75, 3.05) is 0 Å². The smallest absolute Gasteiger partial charge is 0.331 e. The Bertz CT molecular complexity index is 1020. The van der Waals surface area contributed by atoms with Crippen LogP contribution in [-0.2, 0) is 6.54 Å². The van der Waals surface area contributed by atoms with Gasteiger partial charge in [-0.25, -0.2) is 0 Å². The molecule has 0 aliphatic heterocycles. The largest absolute Gasteiger partial charge is 0.406 e. The molecule has 0 amide bonds. The van der Waals surface area contributed by atoms with Crippen molar-refractivity contribution in [3.05, 3.63) is 61.2 Å². The number of fused-ring (bicyclic) bond motifs is 3. The van der Waals surface area contributed by atoms with Crippen LogP contribution in [-0.4, -0.2) is 20.7 Å². The van der Waals surface area contributed by atoms with E-state index in [0.29, 0.717) is 11.0 Å². The molecular formula is C18H12F3N3. The van der Waals surface area contributed by atoms with Gasteiger partial charge in [-0.1, -0.05) is 18.2 Å². The van der Waals surface area contributed by atoms with E-state index in [9.17, 15) is 13.2 Å². The molecule has 0 fully saturated rings. The molecule has 0 aliphatic carbocycles. The fourth-order valence-electron chi connectivity index (χ4n) is 3.01. The first kappa shape index (κ1) is 14.7. The Hall–Kier alpha value is -2.89. The Labute approximate surface area is 135 Å². The van der Waals surface area contributed by atoms with Gasteiger partial charge in [0.25, 0.3) is 0 Å². The molecule has 4 aromatic rings. The highest BCUT2D eigenvalue weighted by Crippen LogP contribution is 2.33. The highest BCUT2D eigenvalue weighted by Gasteiger charge is 2.29. The average molecular weight is 327 g/mol. The summed E-state index contributed by atoms with van der Waals surface area (Å²) in [6.45, 7) is -1.03. The van der Waals surface area contributed by atoms with Crippen LogP contribution in [0, 0.1) is 0 Å². The molecule has 0 atom stereocenters. The number of aromatic nitrogens is 3. The summed E-state index contributed by atoms with van der Waals surface area (Å²) < 4.78 is 40.5. The molecule has 4 rings (SSSR count). The van der Waals surface area contributed by atoms with Crippen molar-refractivity contribution in [3.63, 3.8) is 0 Å². The summed E-state index contributed by atoms with van der Waals surface area (Å²) in [5.74, 6) is 0. The van der Waals surface area contributed by atoms with E-state index in [1.807, 2.05) is 18.2 Å². The van der Waals surface area contributed by atoms with E-state index in [-0.39, 0.29) is 0 Å². The predicted molar refractivity (Wildman–Crippen MR) is 86.5 cm³/mol. The van der Waals surface area contributed by atoms with E-state index < -0.39 is 12.7 Å². The Kier molecular flexibility index (Phi) is 3.26. The van der Waals surface area contributed by atoms with Crippen molar-refractivity contribution >= 4 is 21.8 Å². The molecular weight excluding hydrogens is 315 g/mol. The standard InChI is InChI=1S/C18H12F3N3/c19-18(20,21)11-24-16-5-7-23-10-15(16)14-4-3-12(8-17(14)24)13-2-1-6-22-9-13/h1-10H,11H2. The second-order valence-electron chi connectivity index (χ2n) is 5.57. The molecule has 0 spiro atoms. The molecule has 3 aromatic heterocycles. The van der Waals surface area contributed by atoms with Crippen LogP contribution in [0.3, 0.4) is 0 Å². The third-order valence-corrected chi connectivity index (χ3v) is 4.00. The second kappa shape index (κ2) is 5.33. The second-order valence-corrected chi connectivity index (χ2v) is 5.57. The maximum atomic E-state index is 13.1. The van der Waals surface area contributed by atoms with Gasteiger partial charge in [0, 0.05) is 41.1 Å². The number of alkyl halides is 3. The summed E-state index contributed by atoms with van der Waals surface area (Å²) in [5.41, 5.74) is 2.76. The molecule has 120 valence electrons. The normalized spacial score (nSPS) is 12.1. The van der Waals surface area contributed by atoms with Crippen LogP contribution in [0.5, 0.6) is 0 Å². The minimum atomic E-state index is -4.30. The molecule has 1 aromatic carbocycles. The highest BCUT2D eigenvalue weighted by molar-refractivity contribution is 6.08. The highest BCUT2D eigenvalue weighted by atomic mass is 19.4. The fraction of sp³-hybridized carbons (Fsp3) is 0.111. The number of benzene rings is 1. The van der Waals surface area contributed by atoms with E-state index in [1.54, 1.807) is 36.8 Å². The van der Waals surface area contributed by atoms with Gasteiger partial charge >= 0.3 is 6.18 Å². The SMILES string of the molecule is FC(F)(F)Cn1c2ccncc2c2ccc(-c3cccnc3)cc21. The third-order valence-electron chi connectivity index (χ3n) is 4.00. The van der Waals surface area contributed by atoms with E-state index in [1.165, 1.54) is 10.8 Å². The van der Waals surface area contributed by atoms with Crippen molar-refractivity contribution < 1.29 is 13.2 Å². The number of halogens is 3. The van der Waals surface area contributed by atoms with Crippen LogP contribution in [0.1, 0.15) is 0 Å². The zero-order valence-corrected chi connectivity index (χ0v) is 12.5. The van der Waals surface area contributed by atoms with Crippen molar-refractivity contribution in [1.82, 2.24) is 14.5 Å². The Balaban J connectivity index is 2.01. The minimum absolute atomic E-state index is 0.528. The summed E-state index contributed by atoms with van der Waals surface area (Å²) >= 11 is 0. The number of hydrogen-bond donors (Lipinski definition) is 0. The molecule has 0 bridgehead atoms. The molecule has 3 heterocycles. The van der Waals surface area contributed by atoms with Crippen LogP contribution in [0.25, 0.3) is 32.9 Å². The molecule has 0 saturated carbocycles. The Morgan fingerprint density at radius 3 is 2.42 bits per heavy atom. The Morgan fingerprint density at radius 2 is 1.67 bits per heavy atom. The van der Waals surface area contributed by atoms with Crippen LogP contribution in [0.2, 0.25) is 0 Å². The van der Waals surface area contributed by atoms with Crippen LogP contribution >= 0.6 is 0 Å². The van der Waals surface area contributed by atoms with Gasteiger partial charge in [-0.2, -0.15) is 13.2 Å². The maximum absolute atomic E-state index is 13.1. The first-order chi connectivity index (χ1) is 11.5. The van der Waals surface area contributed by atoms with Gasteiger partial charge in [-0.3, -0.25) is 9.97 Å². The molecule has 0 saturated heterocycles. The maximum Gasteiger partial charge on any atom is 0.406 e. The van der Waals surface area contributed by atoms with E-state index >= 15 is 0 Å². The lowest BCUT2D eigenvalue weighted by Crippen LogP contribution is -2.17. The lowest BCUT2D eigenvalue weighted by molar-refractivity contribution is -0.139. The summed E-state index contributed by atoms with van der Waals surface area (Å²) in [5, 5.41) is 1.48. The van der Waals surface area contributed by atoms with Gasteiger partial charge in [0.2, 0.25) is 0 Å². The topological polar surface area (TPSA) is 30.7 Å².